The van der Waals surface area contributed by atoms with Crippen LogP contribution in [0.3, 0.4) is 0 Å². The number of hydrogen-bond donors (Lipinski definition) is 0. The molecule has 0 fully saturated rings. The van der Waals surface area contributed by atoms with Crippen molar-refractivity contribution in [1.82, 2.24) is 14.8 Å². The fourth-order valence-electron chi connectivity index (χ4n) is 2.74. The number of fused-ring (bicyclic) bond motifs is 1. The van der Waals surface area contributed by atoms with E-state index in [1.807, 2.05) is 40.7 Å². The van der Waals surface area contributed by atoms with E-state index in [9.17, 15) is 9.59 Å². The summed E-state index contributed by atoms with van der Waals surface area (Å²) in [6, 6.07) is 5.48. The van der Waals surface area contributed by atoms with Crippen LogP contribution in [-0.2, 0) is 4.74 Å². The fourth-order valence-corrected chi connectivity index (χ4v) is 3.54. The van der Waals surface area contributed by atoms with Crippen LogP contribution in [0.1, 0.15) is 70.3 Å². The number of ether oxygens (including phenoxy) is 1. The Morgan fingerprint density at radius 2 is 1.96 bits per heavy atom. The quantitative estimate of drug-likeness (QED) is 0.460. The molecule has 3 aromatic heterocycles. The maximum atomic E-state index is 12.7. The standard InChI is InChI=1S/C20H23N3O3S/c1-11(2)16-8-14(15-9-21-23(12(3)4)19(15)22-16)20(25)26-10-17(24)18-7-6-13(5)27-18/h6-9,11-12H,10H2,1-5H3. The number of ketones is 1. The summed E-state index contributed by atoms with van der Waals surface area (Å²) in [5, 5.41) is 5.00. The Morgan fingerprint density at radius 3 is 2.56 bits per heavy atom. The minimum atomic E-state index is -0.533. The Kier molecular flexibility index (Phi) is 5.41. The number of nitrogens with zero attached hydrogens (tertiary/aromatic N) is 3. The largest absolute Gasteiger partial charge is 0.454 e. The van der Waals surface area contributed by atoms with E-state index >= 15 is 0 Å². The summed E-state index contributed by atoms with van der Waals surface area (Å²) in [6.07, 6.45) is 1.63. The average Bonchev–Trinajstić information content (AvgIpc) is 3.24. The second-order valence-corrected chi connectivity index (χ2v) is 8.37. The lowest BCUT2D eigenvalue weighted by Crippen LogP contribution is -2.14. The normalized spacial score (nSPS) is 11.5. The van der Waals surface area contributed by atoms with Crippen molar-refractivity contribution in [3.05, 3.63) is 45.4 Å². The van der Waals surface area contributed by atoms with Gasteiger partial charge >= 0.3 is 5.97 Å². The average molecular weight is 385 g/mol. The number of carbonyl (C=O) groups is 2. The molecule has 3 aromatic rings. The molecule has 7 heteroatoms. The third-order valence-corrected chi connectivity index (χ3v) is 5.28. The number of thiophene rings is 1. The van der Waals surface area contributed by atoms with Gasteiger partial charge < -0.3 is 4.74 Å². The Bertz CT molecular complexity index is 1000. The van der Waals surface area contributed by atoms with E-state index in [-0.39, 0.29) is 24.3 Å². The Hall–Kier alpha value is -2.54. The molecule has 0 radical (unpaired) electrons. The molecule has 142 valence electrons. The van der Waals surface area contributed by atoms with Gasteiger partial charge in [-0.2, -0.15) is 5.10 Å². The molecule has 0 N–H and O–H groups in total. The lowest BCUT2D eigenvalue weighted by atomic mass is 10.1. The van der Waals surface area contributed by atoms with Gasteiger partial charge in [-0.1, -0.05) is 13.8 Å². The Morgan fingerprint density at radius 1 is 1.22 bits per heavy atom. The van der Waals surface area contributed by atoms with Crippen LogP contribution in [0.15, 0.2) is 24.4 Å². The minimum Gasteiger partial charge on any atom is -0.454 e. The van der Waals surface area contributed by atoms with Gasteiger partial charge in [-0.25, -0.2) is 14.5 Å². The molecule has 3 rings (SSSR count). The monoisotopic (exact) mass is 385 g/mol. The van der Waals surface area contributed by atoms with Gasteiger partial charge in [0.05, 0.1) is 22.0 Å². The smallest absolute Gasteiger partial charge is 0.339 e. The van der Waals surface area contributed by atoms with Crippen molar-refractivity contribution in [2.45, 2.75) is 46.6 Å². The van der Waals surface area contributed by atoms with Crippen LogP contribution in [0.25, 0.3) is 11.0 Å². The van der Waals surface area contributed by atoms with Gasteiger partial charge in [-0.3, -0.25) is 4.79 Å². The highest BCUT2D eigenvalue weighted by Crippen LogP contribution is 2.25. The fraction of sp³-hybridized carbons (Fsp3) is 0.400. The van der Waals surface area contributed by atoms with E-state index in [0.29, 0.717) is 21.5 Å². The highest BCUT2D eigenvalue weighted by Gasteiger charge is 2.21. The molecular formula is C20H23N3O3S. The summed E-state index contributed by atoms with van der Waals surface area (Å²) in [5.74, 6) is -0.588. The van der Waals surface area contributed by atoms with Crippen LogP contribution >= 0.6 is 11.3 Å². The molecule has 0 unspecified atom stereocenters. The third-order valence-electron chi connectivity index (χ3n) is 4.24. The second-order valence-electron chi connectivity index (χ2n) is 7.08. The van der Waals surface area contributed by atoms with Crippen LogP contribution in [0.4, 0.5) is 0 Å². The van der Waals surface area contributed by atoms with Gasteiger partial charge in [-0.05, 0) is 44.9 Å². The van der Waals surface area contributed by atoms with Crippen molar-refractivity contribution < 1.29 is 14.3 Å². The maximum Gasteiger partial charge on any atom is 0.339 e. The molecule has 6 nitrogen and oxygen atoms in total. The molecule has 27 heavy (non-hydrogen) atoms. The first-order chi connectivity index (χ1) is 12.8. The van der Waals surface area contributed by atoms with Crippen LogP contribution in [0, 0.1) is 6.92 Å². The first kappa shape index (κ1) is 19.2. The summed E-state index contributed by atoms with van der Waals surface area (Å²) in [4.78, 5) is 31.3. The number of Topliss-reactive ketones (excluding diaryl/α,β-unsaturated/α-hetero) is 1. The highest BCUT2D eigenvalue weighted by atomic mass is 32.1. The molecule has 0 spiro atoms. The number of aryl methyl sites for hydroxylation is 1. The van der Waals surface area contributed by atoms with Gasteiger partial charge in [0.25, 0.3) is 0 Å². The summed E-state index contributed by atoms with van der Waals surface area (Å²) in [6.45, 7) is 9.70. The number of esters is 1. The Labute approximate surface area is 162 Å². The summed E-state index contributed by atoms with van der Waals surface area (Å²) < 4.78 is 7.11. The predicted molar refractivity (Wildman–Crippen MR) is 106 cm³/mol. The van der Waals surface area contributed by atoms with Crippen LogP contribution in [-0.4, -0.2) is 33.1 Å². The summed E-state index contributed by atoms with van der Waals surface area (Å²) in [5.41, 5.74) is 1.84. The molecular weight excluding hydrogens is 362 g/mol. The molecule has 0 aromatic carbocycles. The van der Waals surface area contributed by atoms with Crippen molar-refractivity contribution >= 4 is 34.1 Å². The molecule has 3 heterocycles. The number of rotatable bonds is 6. The van der Waals surface area contributed by atoms with Crippen molar-refractivity contribution in [1.29, 1.82) is 0 Å². The van der Waals surface area contributed by atoms with Gasteiger partial charge in [0.2, 0.25) is 5.78 Å². The van der Waals surface area contributed by atoms with Crippen LogP contribution in [0.5, 0.6) is 0 Å². The van der Waals surface area contributed by atoms with Crippen molar-refractivity contribution in [3.8, 4) is 0 Å². The first-order valence-electron chi connectivity index (χ1n) is 8.92. The molecule has 0 aliphatic rings. The predicted octanol–water partition coefficient (Wildman–Crippen LogP) is 4.55. The molecule has 0 saturated carbocycles. The van der Waals surface area contributed by atoms with Gasteiger partial charge in [-0.15, -0.1) is 11.3 Å². The summed E-state index contributed by atoms with van der Waals surface area (Å²) in [7, 11) is 0. The van der Waals surface area contributed by atoms with Crippen LogP contribution in [0.2, 0.25) is 0 Å². The molecule has 0 saturated heterocycles. The van der Waals surface area contributed by atoms with E-state index < -0.39 is 5.97 Å². The maximum absolute atomic E-state index is 12.7. The van der Waals surface area contributed by atoms with Gasteiger partial charge in [0.15, 0.2) is 12.3 Å². The van der Waals surface area contributed by atoms with E-state index in [4.69, 9.17) is 4.74 Å². The molecule has 0 aliphatic heterocycles. The van der Waals surface area contributed by atoms with Crippen molar-refractivity contribution in [2.75, 3.05) is 6.61 Å². The number of carbonyl (C=O) groups excluding carboxylic acids is 2. The van der Waals surface area contributed by atoms with E-state index in [1.54, 1.807) is 23.0 Å². The highest BCUT2D eigenvalue weighted by molar-refractivity contribution is 7.14. The van der Waals surface area contributed by atoms with E-state index in [0.717, 1.165) is 10.6 Å². The molecule has 0 bridgehead atoms. The number of pyridine rings is 1. The van der Waals surface area contributed by atoms with Gasteiger partial charge in [0, 0.05) is 16.6 Å². The van der Waals surface area contributed by atoms with Crippen molar-refractivity contribution in [3.63, 3.8) is 0 Å². The zero-order valence-corrected chi connectivity index (χ0v) is 17.0. The number of aromatic nitrogens is 3. The third kappa shape index (κ3) is 3.93. The first-order valence-corrected chi connectivity index (χ1v) is 9.74. The van der Waals surface area contributed by atoms with Crippen molar-refractivity contribution in [2.24, 2.45) is 0 Å². The SMILES string of the molecule is Cc1ccc(C(=O)COC(=O)c2cc(C(C)C)nc3c2cnn3C(C)C)s1. The van der Waals surface area contributed by atoms with Gasteiger partial charge in [0.1, 0.15) is 0 Å². The number of hydrogen-bond acceptors (Lipinski definition) is 6. The lowest BCUT2D eigenvalue weighted by Gasteiger charge is -2.12. The minimum absolute atomic E-state index is 0.116. The van der Waals surface area contributed by atoms with E-state index in [1.165, 1.54) is 11.3 Å². The lowest BCUT2D eigenvalue weighted by molar-refractivity contribution is 0.0477. The zero-order chi connectivity index (χ0) is 19.7. The zero-order valence-electron chi connectivity index (χ0n) is 16.1. The summed E-state index contributed by atoms with van der Waals surface area (Å²) >= 11 is 1.39. The van der Waals surface area contributed by atoms with E-state index in [2.05, 4.69) is 10.1 Å². The Balaban J connectivity index is 1.90. The molecule has 0 atom stereocenters. The van der Waals surface area contributed by atoms with Crippen LogP contribution < -0.4 is 0 Å². The topological polar surface area (TPSA) is 74.1 Å². The molecule has 0 aliphatic carbocycles. The second kappa shape index (κ2) is 7.60. The molecule has 0 amide bonds.